The van der Waals surface area contributed by atoms with Crippen LogP contribution in [0.4, 0.5) is 17.1 Å². The molecule has 0 saturated carbocycles. The summed E-state index contributed by atoms with van der Waals surface area (Å²) in [6.07, 6.45) is 0. The third-order valence-electron chi connectivity index (χ3n) is 3.08. The molecule has 4 N–H and O–H groups in total. The number of nitrogen functional groups attached to an aromatic ring is 1. The average molecular weight is 302 g/mol. The van der Waals surface area contributed by atoms with Crippen molar-refractivity contribution < 1.29 is 8.42 Å². The number of anilines is 3. The molecule has 0 amide bonds. The number of nitrogens with zero attached hydrogens (tertiary/aromatic N) is 2. The highest BCUT2D eigenvalue weighted by Crippen LogP contribution is 2.30. The van der Waals surface area contributed by atoms with E-state index in [0.717, 1.165) is 5.69 Å². The standard InChI is InChI=1S/C14H14N4O2S/c1-18(11-4-2-10(9-15)3-5-11)14-8-12(21(17,19)20)6-7-13(14)16/h2-8H,16H2,1H3,(H2,17,19,20). The van der Waals surface area contributed by atoms with Gasteiger partial charge in [0.15, 0.2) is 0 Å². The second kappa shape index (κ2) is 5.44. The van der Waals surface area contributed by atoms with Crippen molar-refractivity contribution in [3.8, 4) is 6.07 Å². The van der Waals surface area contributed by atoms with Crippen LogP contribution in [0.3, 0.4) is 0 Å². The van der Waals surface area contributed by atoms with Crippen molar-refractivity contribution in [1.29, 1.82) is 5.26 Å². The number of nitriles is 1. The molecule has 0 saturated heterocycles. The quantitative estimate of drug-likeness (QED) is 0.835. The average Bonchev–Trinajstić information content (AvgIpc) is 2.46. The molecule has 21 heavy (non-hydrogen) atoms. The zero-order chi connectivity index (χ0) is 15.6. The van der Waals surface area contributed by atoms with Gasteiger partial charge in [-0.2, -0.15) is 5.26 Å². The highest BCUT2D eigenvalue weighted by Gasteiger charge is 2.14. The molecular weight excluding hydrogens is 288 g/mol. The summed E-state index contributed by atoms with van der Waals surface area (Å²) in [6, 6.07) is 13.2. The lowest BCUT2D eigenvalue weighted by atomic mass is 10.2. The predicted molar refractivity (Wildman–Crippen MR) is 81.4 cm³/mol. The summed E-state index contributed by atoms with van der Waals surface area (Å²) < 4.78 is 22.8. The van der Waals surface area contributed by atoms with E-state index in [4.69, 9.17) is 16.1 Å². The molecule has 0 atom stereocenters. The second-order valence-corrected chi connectivity index (χ2v) is 6.04. The zero-order valence-electron chi connectivity index (χ0n) is 11.3. The Morgan fingerprint density at radius 3 is 2.29 bits per heavy atom. The van der Waals surface area contributed by atoms with Crippen LogP contribution in [0.15, 0.2) is 47.4 Å². The molecule has 0 radical (unpaired) electrons. The van der Waals surface area contributed by atoms with Gasteiger partial charge in [0.05, 0.1) is 27.9 Å². The van der Waals surface area contributed by atoms with Gasteiger partial charge in [-0.15, -0.1) is 0 Å². The van der Waals surface area contributed by atoms with E-state index in [0.29, 0.717) is 16.9 Å². The molecule has 0 heterocycles. The lowest BCUT2D eigenvalue weighted by Gasteiger charge is -2.22. The number of hydrogen-bond acceptors (Lipinski definition) is 5. The van der Waals surface area contributed by atoms with E-state index in [1.165, 1.54) is 18.2 Å². The minimum absolute atomic E-state index is 0.00723. The van der Waals surface area contributed by atoms with E-state index < -0.39 is 10.0 Å². The summed E-state index contributed by atoms with van der Waals surface area (Å²) in [5.74, 6) is 0. The van der Waals surface area contributed by atoms with Crippen LogP contribution in [0.25, 0.3) is 0 Å². The van der Waals surface area contributed by atoms with Crippen molar-refractivity contribution >= 4 is 27.1 Å². The fourth-order valence-electron chi connectivity index (χ4n) is 1.89. The molecule has 0 aliphatic rings. The Morgan fingerprint density at radius 1 is 1.14 bits per heavy atom. The number of primary sulfonamides is 1. The van der Waals surface area contributed by atoms with Crippen LogP contribution in [0.2, 0.25) is 0 Å². The van der Waals surface area contributed by atoms with Gasteiger partial charge >= 0.3 is 0 Å². The van der Waals surface area contributed by atoms with Crippen molar-refractivity contribution in [3.05, 3.63) is 48.0 Å². The summed E-state index contributed by atoms with van der Waals surface area (Å²) >= 11 is 0. The topological polar surface area (TPSA) is 113 Å². The summed E-state index contributed by atoms with van der Waals surface area (Å²) in [7, 11) is -2.04. The van der Waals surface area contributed by atoms with Gasteiger partial charge < -0.3 is 10.6 Å². The van der Waals surface area contributed by atoms with Crippen molar-refractivity contribution in [3.63, 3.8) is 0 Å². The van der Waals surface area contributed by atoms with Gasteiger partial charge in [-0.25, -0.2) is 13.6 Å². The van der Waals surface area contributed by atoms with E-state index in [2.05, 4.69) is 0 Å². The van der Waals surface area contributed by atoms with Crippen molar-refractivity contribution in [2.45, 2.75) is 4.90 Å². The normalized spacial score (nSPS) is 10.9. The minimum atomic E-state index is -3.79. The molecule has 0 aliphatic heterocycles. The van der Waals surface area contributed by atoms with Crippen LogP contribution in [0.5, 0.6) is 0 Å². The third kappa shape index (κ3) is 3.13. The Labute approximate surface area is 123 Å². The van der Waals surface area contributed by atoms with Crippen LogP contribution in [0.1, 0.15) is 5.56 Å². The summed E-state index contributed by atoms with van der Waals surface area (Å²) in [6.45, 7) is 0. The first-order valence-electron chi connectivity index (χ1n) is 5.99. The van der Waals surface area contributed by atoms with Crippen LogP contribution in [-0.2, 0) is 10.0 Å². The lowest BCUT2D eigenvalue weighted by Crippen LogP contribution is -2.15. The van der Waals surface area contributed by atoms with Crippen LogP contribution < -0.4 is 15.8 Å². The summed E-state index contributed by atoms with van der Waals surface area (Å²) in [5.41, 5.74) is 8.15. The Hall–Kier alpha value is -2.56. The Bertz CT molecular complexity index is 808. The third-order valence-corrected chi connectivity index (χ3v) is 3.99. The number of rotatable bonds is 3. The maximum Gasteiger partial charge on any atom is 0.238 e. The number of benzene rings is 2. The maximum absolute atomic E-state index is 11.4. The number of nitrogens with two attached hydrogens (primary N) is 2. The van der Waals surface area contributed by atoms with E-state index in [-0.39, 0.29) is 4.90 Å². The number of sulfonamides is 1. The molecule has 6 nitrogen and oxygen atoms in total. The van der Waals surface area contributed by atoms with Crippen molar-refractivity contribution in [2.24, 2.45) is 5.14 Å². The molecule has 2 aromatic rings. The fourth-order valence-corrected chi connectivity index (χ4v) is 2.42. The first kappa shape index (κ1) is 14.8. The Balaban J connectivity index is 2.47. The molecule has 0 bridgehead atoms. The molecule has 2 rings (SSSR count). The zero-order valence-corrected chi connectivity index (χ0v) is 12.1. The number of hydrogen-bond donors (Lipinski definition) is 2. The molecule has 0 fully saturated rings. The van der Waals surface area contributed by atoms with Gasteiger partial charge in [0.1, 0.15) is 0 Å². The molecule has 0 spiro atoms. The smallest absolute Gasteiger partial charge is 0.238 e. The van der Waals surface area contributed by atoms with E-state index in [9.17, 15) is 8.42 Å². The molecular formula is C14H14N4O2S. The first-order chi connectivity index (χ1) is 9.82. The van der Waals surface area contributed by atoms with E-state index >= 15 is 0 Å². The Morgan fingerprint density at radius 2 is 1.76 bits per heavy atom. The van der Waals surface area contributed by atoms with E-state index in [1.54, 1.807) is 36.2 Å². The fraction of sp³-hybridized carbons (Fsp3) is 0.0714. The lowest BCUT2D eigenvalue weighted by molar-refractivity contribution is 0.598. The molecule has 0 aromatic heterocycles. The van der Waals surface area contributed by atoms with Gasteiger partial charge in [0.2, 0.25) is 10.0 Å². The van der Waals surface area contributed by atoms with Gasteiger partial charge in [0.25, 0.3) is 0 Å². The second-order valence-electron chi connectivity index (χ2n) is 4.48. The van der Waals surface area contributed by atoms with E-state index in [1.807, 2.05) is 6.07 Å². The highest BCUT2D eigenvalue weighted by atomic mass is 32.2. The van der Waals surface area contributed by atoms with Crippen LogP contribution >= 0.6 is 0 Å². The van der Waals surface area contributed by atoms with Crippen molar-refractivity contribution in [1.82, 2.24) is 0 Å². The van der Waals surface area contributed by atoms with Crippen LogP contribution in [0, 0.1) is 11.3 Å². The molecule has 0 aliphatic carbocycles. The predicted octanol–water partition coefficient (Wildman–Crippen LogP) is 1.56. The summed E-state index contributed by atoms with van der Waals surface area (Å²) in [4.78, 5) is 1.72. The SMILES string of the molecule is CN(c1ccc(C#N)cc1)c1cc(S(N)(=O)=O)ccc1N. The molecule has 0 unspecified atom stereocenters. The molecule has 2 aromatic carbocycles. The van der Waals surface area contributed by atoms with Crippen molar-refractivity contribution in [2.75, 3.05) is 17.7 Å². The van der Waals surface area contributed by atoms with Crippen LogP contribution in [-0.4, -0.2) is 15.5 Å². The van der Waals surface area contributed by atoms with Gasteiger partial charge in [-0.1, -0.05) is 0 Å². The highest BCUT2D eigenvalue weighted by molar-refractivity contribution is 7.89. The minimum Gasteiger partial charge on any atom is -0.397 e. The monoisotopic (exact) mass is 302 g/mol. The largest absolute Gasteiger partial charge is 0.397 e. The summed E-state index contributed by atoms with van der Waals surface area (Å²) in [5, 5.41) is 13.9. The molecule has 108 valence electrons. The maximum atomic E-state index is 11.4. The Kier molecular flexibility index (Phi) is 3.84. The van der Waals surface area contributed by atoms with Gasteiger partial charge in [-0.05, 0) is 42.5 Å². The van der Waals surface area contributed by atoms with Gasteiger partial charge in [0, 0.05) is 12.7 Å². The first-order valence-corrected chi connectivity index (χ1v) is 7.54. The van der Waals surface area contributed by atoms with Gasteiger partial charge in [-0.3, -0.25) is 0 Å². The molecule has 7 heteroatoms.